The molecule has 1 fully saturated rings. The first-order valence-corrected chi connectivity index (χ1v) is 11.1. The third kappa shape index (κ3) is 4.00. The Morgan fingerprint density at radius 1 is 1.10 bits per heavy atom. The van der Waals surface area contributed by atoms with Crippen LogP contribution < -0.4 is 4.74 Å². The van der Waals surface area contributed by atoms with Gasteiger partial charge in [-0.25, -0.2) is 0 Å². The third-order valence-electron chi connectivity index (χ3n) is 6.74. The fourth-order valence-corrected chi connectivity index (χ4v) is 4.88. The Morgan fingerprint density at radius 3 is 2.77 bits per heavy atom. The lowest BCUT2D eigenvalue weighted by atomic mass is 9.96. The van der Waals surface area contributed by atoms with Crippen LogP contribution in [0.4, 0.5) is 0 Å². The lowest BCUT2D eigenvalue weighted by Crippen LogP contribution is -2.32. The second kappa shape index (κ2) is 8.27. The van der Waals surface area contributed by atoms with Crippen molar-refractivity contribution < 1.29 is 14.3 Å². The number of Topliss-reactive ketones (excluding diaryl/α,β-unsaturated/α-hetero) is 2. The Hall–Kier alpha value is -2.98. The number of rotatable bonds is 5. The third-order valence-corrected chi connectivity index (χ3v) is 6.74. The van der Waals surface area contributed by atoms with Crippen LogP contribution in [-0.2, 0) is 0 Å². The molecule has 0 saturated carbocycles. The summed E-state index contributed by atoms with van der Waals surface area (Å²) in [6.07, 6.45) is 2.07. The molecule has 0 bridgehead atoms. The number of hydrogen-bond acceptors (Lipinski definition) is 4. The molecule has 0 aromatic heterocycles. The lowest BCUT2D eigenvalue weighted by molar-refractivity contribution is 0.0927. The SMILES string of the molecule is CC(CC(=O)c1ccc2cc3c(cc2c1)OCCC3=O)N1CCC(c2ccccc2)C1. The molecule has 3 aromatic rings. The lowest BCUT2D eigenvalue weighted by Gasteiger charge is -2.24. The van der Waals surface area contributed by atoms with Crippen molar-refractivity contribution in [3.05, 3.63) is 77.4 Å². The maximum Gasteiger partial charge on any atom is 0.170 e. The zero-order chi connectivity index (χ0) is 21.4. The van der Waals surface area contributed by atoms with Gasteiger partial charge in [-0.1, -0.05) is 42.5 Å². The Morgan fingerprint density at radius 2 is 1.94 bits per heavy atom. The number of carbonyl (C=O) groups excluding carboxylic acids is 2. The van der Waals surface area contributed by atoms with Crippen LogP contribution in [0.15, 0.2) is 60.7 Å². The minimum Gasteiger partial charge on any atom is -0.492 e. The summed E-state index contributed by atoms with van der Waals surface area (Å²) >= 11 is 0. The summed E-state index contributed by atoms with van der Waals surface area (Å²) in [4.78, 5) is 27.6. The molecule has 2 heterocycles. The van der Waals surface area contributed by atoms with Crippen molar-refractivity contribution in [1.29, 1.82) is 0 Å². The van der Waals surface area contributed by atoms with E-state index >= 15 is 0 Å². The van der Waals surface area contributed by atoms with Crippen molar-refractivity contribution in [3.8, 4) is 5.75 Å². The van der Waals surface area contributed by atoms with E-state index in [1.54, 1.807) is 0 Å². The second-order valence-electron chi connectivity index (χ2n) is 8.80. The minimum absolute atomic E-state index is 0.122. The molecule has 0 N–H and O–H groups in total. The maximum atomic E-state index is 13.0. The van der Waals surface area contributed by atoms with Gasteiger partial charge in [0.1, 0.15) is 5.75 Å². The van der Waals surface area contributed by atoms with Crippen molar-refractivity contribution in [2.75, 3.05) is 19.7 Å². The summed E-state index contributed by atoms with van der Waals surface area (Å²) in [5, 5.41) is 1.91. The van der Waals surface area contributed by atoms with E-state index in [-0.39, 0.29) is 17.6 Å². The van der Waals surface area contributed by atoms with Crippen molar-refractivity contribution in [2.24, 2.45) is 0 Å². The van der Waals surface area contributed by atoms with Crippen LogP contribution in [0.2, 0.25) is 0 Å². The van der Waals surface area contributed by atoms with Gasteiger partial charge in [-0.05, 0) is 60.3 Å². The number of benzene rings is 3. The van der Waals surface area contributed by atoms with E-state index in [1.807, 2.05) is 30.3 Å². The van der Waals surface area contributed by atoms with Gasteiger partial charge < -0.3 is 4.74 Å². The molecule has 1 saturated heterocycles. The molecule has 0 spiro atoms. The Kier molecular flexibility index (Phi) is 5.33. The van der Waals surface area contributed by atoms with Crippen LogP contribution in [0.3, 0.4) is 0 Å². The number of likely N-dealkylation sites (tertiary alicyclic amines) is 1. The fraction of sp³-hybridized carbons (Fsp3) is 0.333. The fourth-order valence-electron chi connectivity index (χ4n) is 4.88. The largest absolute Gasteiger partial charge is 0.492 e. The predicted octanol–water partition coefficient (Wildman–Crippen LogP) is 5.26. The Bertz CT molecular complexity index is 1140. The number of fused-ring (bicyclic) bond motifs is 2. The molecule has 2 unspecified atom stereocenters. The van der Waals surface area contributed by atoms with Crippen LogP contribution in [0.1, 0.15) is 58.4 Å². The van der Waals surface area contributed by atoms with E-state index in [0.717, 1.165) is 35.8 Å². The molecule has 4 heteroatoms. The van der Waals surface area contributed by atoms with E-state index in [4.69, 9.17) is 4.74 Å². The molecule has 2 aliphatic heterocycles. The molecular formula is C27H27NO3. The van der Waals surface area contributed by atoms with Crippen molar-refractivity contribution in [1.82, 2.24) is 4.90 Å². The van der Waals surface area contributed by atoms with Crippen LogP contribution in [0.25, 0.3) is 10.8 Å². The monoisotopic (exact) mass is 413 g/mol. The summed E-state index contributed by atoms with van der Waals surface area (Å²) in [7, 11) is 0. The molecule has 0 radical (unpaired) electrons. The number of carbonyl (C=O) groups is 2. The highest BCUT2D eigenvalue weighted by atomic mass is 16.5. The number of nitrogens with zero attached hydrogens (tertiary/aromatic N) is 1. The van der Waals surface area contributed by atoms with Crippen molar-refractivity contribution >= 4 is 22.3 Å². The molecule has 5 rings (SSSR count). The first kappa shape index (κ1) is 20.0. The highest BCUT2D eigenvalue weighted by Gasteiger charge is 2.28. The summed E-state index contributed by atoms with van der Waals surface area (Å²) in [5.41, 5.74) is 2.76. The number of ketones is 2. The predicted molar refractivity (Wildman–Crippen MR) is 122 cm³/mol. The van der Waals surface area contributed by atoms with Gasteiger partial charge in [0, 0.05) is 31.0 Å². The molecule has 2 atom stereocenters. The highest BCUT2D eigenvalue weighted by Crippen LogP contribution is 2.32. The standard InChI is InChI=1S/C27H27NO3/c1-18(28-11-9-22(17-28)19-5-3-2-4-6-19)13-26(30)21-8-7-20-15-24-25(29)10-12-31-27(24)16-23(20)14-21/h2-8,14-16,18,22H,9-13,17H2,1H3. The van der Waals surface area contributed by atoms with Gasteiger partial charge in [0.15, 0.2) is 11.6 Å². The molecule has 31 heavy (non-hydrogen) atoms. The molecule has 0 aliphatic carbocycles. The molecule has 2 aliphatic rings. The summed E-state index contributed by atoms with van der Waals surface area (Å²) in [6, 6.07) is 20.4. The Labute approximate surface area is 182 Å². The normalized spacial score (nSPS) is 19.8. The van der Waals surface area contributed by atoms with E-state index in [9.17, 15) is 9.59 Å². The van der Waals surface area contributed by atoms with Crippen LogP contribution in [0.5, 0.6) is 5.75 Å². The minimum atomic E-state index is 0.122. The summed E-state index contributed by atoms with van der Waals surface area (Å²) in [5.74, 6) is 1.46. The second-order valence-corrected chi connectivity index (χ2v) is 8.80. The van der Waals surface area contributed by atoms with Gasteiger partial charge in [-0.3, -0.25) is 14.5 Å². The summed E-state index contributed by atoms with van der Waals surface area (Å²) in [6.45, 7) is 4.62. The van der Waals surface area contributed by atoms with Gasteiger partial charge in [0.25, 0.3) is 0 Å². The first-order chi connectivity index (χ1) is 15.1. The molecule has 0 amide bonds. The average Bonchev–Trinajstić information content (AvgIpc) is 3.29. The van der Waals surface area contributed by atoms with E-state index in [1.165, 1.54) is 5.56 Å². The summed E-state index contributed by atoms with van der Waals surface area (Å²) < 4.78 is 5.67. The van der Waals surface area contributed by atoms with Gasteiger partial charge in [-0.15, -0.1) is 0 Å². The van der Waals surface area contributed by atoms with Crippen LogP contribution in [-0.4, -0.2) is 42.2 Å². The average molecular weight is 414 g/mol. The molecule has 3 aromatic carbocycles. The number of hydrogen-bond donors (Lipinski definition) is 0. The van der Waals surface area contributed by atoms with Crippen molar-refractivity contribution in [2.45, 2.75) is 38.1 Å². The van der Waals surface area contributed by atoms with Crippen LogP contribution in [0, 0.1) is 0 Å². The highest BCUT2D eigenvalue weighted by molar-refractivity contribution is 6.05. The zero-order valence-corrected chi connectivity index (χ0v) is 17.8. The van der Waals surface area contributed by atoms with Gasteiger partial charge >= 0.3 is 0 Å². The van der Waals surface area contributed by atoms with E-state index in [0.29, 0.717) is 36.7 Å². The van der Waals surface area contributed by atoms with E-state index in [2.05, 4.69) is 42.2 Å². The smallest absolute Gasteiger partial charge is 0.170 e. The topological polar surface area (TPSA) is 46.6 Å². The van der Waals surface area contributed by atoms with E-state index < -0.39 is 0 Å². The molecule has 158 valence electrons. The number of ether oxygens (including phenoxy) is 1. The van der Waals surface area contributed by atoms with Crippen molar-refractivity contribution in [3.63, 3.8) is 0 Å². The van der Waals surface area contributed by atoms with Crippen LogP contribution >= 0.6 is 0 Å². The zero-order valence-electron chi connectivity index (χ0n) is 17.8. The maximum absolute atomic E-state index is 13.0. The Balaban J connectivity index is 1.29. The molecule has 4 nitrogen and oxygen atoms in total. The van der Waals surface area contributed by atoms with Gasteiger partial charge in [0.2, 0.25) is 0 Å². The van der Waals surface area contributed by atoms with Gasteiger partial charge in [-0.2, -0.15) is 0 Å². The molecular weight excluding hydrogens is 386 g/mol. The first-order valence-electron chi connectivity index (χ1n) is 11.1. The quantitative estimate of drug-likeness (QED) is 0.536. The van der Waals surface area contributed by atoms with Gasteiger partial charge in [0.05, 0.1) is 12.2 Å².